The first-order chi connectivity index (χ1) is 9.83. The maximum Gasteiger partial charge on any atom is 0.291 e. The average Bonchev–Trinajstić information content (AvgIpc) is 3.19. The SMILES string of the molecule is O=c1c2[nH]ccc2c(C2CC2)nn1Cc1ccccc1. The van der Waals surface area contributed by atoms with E-state index >= 15 is 0 Å². The highest BCUT2D eigenvalue weighted by atomic mass is 16.1. The zero-order valence-electron chi connectivity index (χ0n) is 11.0. The predicted molar refractivity (Wildman–Crippen MR) is 77.9 cm³/mol. The fourth-order valence-electron chi connectivity index (χ4n) is 2.64. The molecule has 3 aromatic rings. The number of aromatic amines is 1. The van der Waals surface area contributed by atoms with Gasteiger partial charge in [0.2, 0.25) is 0 Å². The Balaban J connectivity index is 1.86. The zero-order valence-corrected chi connectivity index (χ0v) is 11.0. The van der Waals surface area contributed by atoms with E-state index in [2.05, 4.69) is 10.1 Å². The quantitative estimate of drug-likeness (QED) is 0.791. The molecule has 0 spiro atoms. The van der Waals surface area contributed by atoms with Crippen LogP contribution in [0.15, 0.2) is 47.4 Å². The van der Waals surface area contributed by atoms with Crippen molar-refractivity contribution in [2.24, 2.45) is 0 Å². The van der Waals surface area contributed by atoms with Gasteiger partial charge in [-0.3, -0.25) is 4.79 Å². The highest BCUT2D eigenvalue weighted by Crippen LogP contribution is 2.41. The topological polar surface area (TPSA) is 50.7 Å². The van der Waals surface area contributed by atoms with Gasteiger partial charge >= 0.3 is 0 Å². The van der Waals surface area contributed by atoms with Gasteiger partial charge in [-0.15, -0.1) is 0 Å². The molecule has 4 nitrogen and oxygen atoms in total. The van der Waals surface area contributed by atoms with Gasteiger partial charge in [0.25, 0.3) is 5.56 Å². The van der Waals surface area contributed by atoms with Gasteiger partial charge in [-0.1, -0.05) is 30.3 Å². The Bertz CT molecular complexity index is 813. The highest BCUT2D eigenvalue weighted by Gasteiger charge is 2.28. The van der Waals surface area contributed by atoms with E-state index in [1.54, 1.807) is 4.68 Å². The summed E-state index contributed by atoms with van der Waals surface area (Å²) >= 11 is 0. The summed E-state index contributed by atoms with van der Waals surface area (Å²) in [4.78, 5) is 15.5. The van der Waals surface area contributed by atoms with Crippen molar-refractivity contribution in [3.05, 3.63) is 64.2 Å². The molecular formula is C16H15N3O. The smallest absolute Gasteiger partial charge is 0.291 e. The van der Waals surface area contributed by atoms with Gasteiger partial charge < -0.3 is 4.98 Å². The standard InChI is InChI=1S/C16H15N3O/c20-16-15-13(8-9-17-15)14(12-6-7-12)18-19(16)10-11-4-2-1-3-5-11/h1-5,8-9,12,17H,6-7,10H2. The molecule has 1 aromatic carbocycles. The van der Waals surface area contributed by atoms with Gasteiger partial charge in [-0.2, -0.15) is 5.10 Å². The molecule has 0 radical (unpaired) electrons. The minimum Gasteiger partial charge on any atom is -0.357 e. The largest absolute Gasteiger partial charge is 0.357 e. The van der Waals surface area contributed by atoms with Crippen LogP contribution in [0.25, 0.3) is 10.9 Å². The van der Waals surface area contributed by atoms with Gasteiger partial charge in [-0.05, 0) is 24.5 Å². The van der Waals surface area contributed by atoms with Gasteiger partial charge in [0.05, 0.1) is 12.2 Å². The minimum atomic E-state index is -0.0433. The normalized spacial score (nSPS) is 14.8. The van der Waals surface area contributed by atoms with Gasteiger partial charge in [0.1, 0.15) is 5.52 Å². The van der Waals surface area contributed by atoms with Gasteiger partial charge in [-0.25, -0.2) is 4.68 Å². The number of rotatable bonds is 3. The molecule has 100 valence electrons. The molecule has 0 atom stereocenters. The molecule has 0 aliphatic heterocycles. The molecule has 0 unspecified atom stereocenters. The van der Waals surface area contributed by atoms with E-state index in [9.17, 15) is 4.79 Å². The Kier molecular flexibility index (Phi) is 2.49. The van der Waals surface area contributed by atoms with Crippen molar-refractivity contribution in [2.45, 2.75) is 25.3 Å². The Morgan fingerprint density at radius 1 is 1.20 bits per heavy atom. The Hall–Kier alpha value is -2.36. The number of H-pyrrole nitrogens is 1. The van der Waals surface area contributed by atoms with Crippen LogP contribution in [0, 0.1) is 0 Å². The lowest BCUT2D eigenvalue weighted by molar-refractivity contribution is 0.628. The summed E-state index contributed by atoms with van der Waals surface area (Å²) in [5.74, 6) is 0.524. The van der Waals surface area contributed by atoms with Crippen LogP contribution in [-0.4, -0.2) is 14.8 Å². The molecule has 1 aliphatic carbocycles. The van der Waals surface area contributed by atoms with Crippen molar-refractivity contribution in [1.82, 2.24) is 14.8 Å². The maximum absolute atomic E-state index is 12.5. The number of hydrogen-bond acceptors (Lipinski definition) is 2. The number of nitrogens with zero attached hydrogens (tertiary/aromatic N) is 2. The van der Waals surface area contributed by atoms with Crippen molar-refractivity contribution in [3.8, 4) is 0 Å². The Labute approximate surface area is 116 Å². The molecule has 1 fully saturated rings. The van der Waals surface area contributed by atoms with Crippen LogP contribution in [0.3, 0.4) is 0 Å². The summed E-state index contributed by atoms with van der Waals surface area (Å²) in [5, 5.41) is 5.60. The highest BCUT2D eigenvalue weighted by molar-refractivity contribution is 5.81. The Morgan fingerprint density at radius 2 is 2.00 bits per heavy atom. The molecule has 0 saturated heterocycles. The average molecular weight is 265 g/mol. The van der Waals surface area contributed by atoms with Crippen molar-refractivity contribution < 1.29 is 0 Å². The first-order valence-electron chi connectivity index (χ1n) is 6.95. The van der Waals surface area contributed by atoms with Crippen LogP contribution in [0.1, 0.15) is 30.0 Å². The number of hydrogen-bond donors (Lipinski definition) is 1. The second-order valence-electron chi connectivity index (χ2n) is 5.37. The van der Waals surface area contributed by atoms with E-state index < -0.39 is 0 Å². The van der Waals surface area contributed by atoms with Gasteiger partial charge in [0.15, 0.2) is 0 Å². The molecule has 0 amide bonds. The van der Waals surface area contributed by atoms with Crippen molar-refractivity contribution in [1.29, 1.82) is 0 Å². The molecular weight excluding hydrogens is 250 g/mol. The number of fused-ring (bicyclic) bond motifs is 1. The fourth-order valence-corrected chi connectivity index (χ4v) is 2.64. The Morgan fingerprint density at radius 3 is 2.75 bits per heavy atom. The molecule has 0 bridgehead atoms. The van der Waals surface area contributed by atoms with Crippen LogP contribution in [0.4, 0.5) is 0 Å². The first kappa shape index (κ1) is 11.5. The third-order valence-corrected chi connectivity index (χ3v) is 3.84. The lowest BCUT2D eigenvalue weighted by Crippen LogP contribution is -2.25. The van der Waals surface area contributed by atoms with Crippen molar-refractivity contribution in [3.63, 3.8) is 0 Å². The number of nitrogens with one attached hydrogen (secondary N) is 1. The van der Waals surface area contributed by atoms with Gasteiger partial charge in [0, 0.05) is 17.5 Å². The summed E-state index contributed by atoms with van der Waals surface area (Å²) in [5.41, 5.74) is 2.79. The third kappa shape index (κ3) is 1.84. The summed E-state index contributed by atoms with van der Waals surface area (Å²) in [6.45, 7) is 0.522. The number of aromatic nitrogens is 3. The lowest BCUT2D eigenvalue weighted by Gasteiger charge is -2.08. The molecule has 1 saturated carbocycles. The van der Waals surface area contributed by atoms with Crippen LogP contribution >= 0.6 is 0 Å². The van der Waals surface area contributed by atoms with E-state index in [-0.39, 0.29) is 5.56 Å². The number of benzene rings is 1. The van der Waals surface area contributed by atoms with Crippen LogP contribution in [0.2, 0.25) is 0 Å². The zero-order chi connectivity index (χ0) is 13.5. The van der Waals surface area contributed by atoms with E-state index in [4.69, 9.17) is 0 Å². The molecule has 4 rings (SSSR count). The molecule has 2 heterocycles. The van der Waals surface area contributed by atoms with E-state index in [1.165, 1.54) is 12.8 Å². The predicted octanol–water partition coefficient (Wildman–Crippen LogP) is 2.65. The summed E-state index contributed by atoms with van der Waals surface area (Å²) in [7, 11) is 0. The second kappa shape index (κ2) is 4.34. The monoisotopic (exact) mass is 265 g/mol. The lowest BCUT2D eigenvalue weighted by atomic mass is 10.2. The van der Waals surface area contributed by atoms with Crippen LogP contribution in [0.5, 0.6) is 0 Å². The summed E-state index contributed by atoms with van der Waals surface area (Å²) in [6.07, 6.45) is 4.18. The molecule has 20 heavy (non-hydrogen) atoms. The van der Waals surface area contributed by atoms with Crippen molar-refractivity contribution in [2.75, 3.05) is 0 Å². The van der Waals surface area contributed by atoms with E-state index in [0.29, 0.717) is 18.0 Å². The summed E-state index contributed by atoms with van der Waals surface area (Å²) < 4.78 is 1.59. The third-order valence-electron chi connectivity index (χ3n) is 3.84. The van der Waals surface area contributed by atoms with Crippen molar-refractivity contribution >= 4 is 10.9 Å². The fraction of sp³-hybridized carbons (Fsp3) is 0.250. The first-order valence-corrected chi connectivity index (χ1v) is 6.95. The van der Waals surface area contributed by atoms with E-state index in [1.807, 2.05) is 42.6 Å². The molecule has 2 aromatic heterocycles. The minimum absolute atomic E-state index is 0.0433. The molecule has 1 N–H and O–H groups in total. The maximum atomic E-state index is 12.5. The molecule has 4 heteroatoms. The van der Waals surface area contributed by atoms with E-state index in [0.717, 1.165) is 16.6 Å². The summed E-state index contributed by atoms with van der Waals surface area (Å²) in [6, 6.07) is 11.9. The van der Waals surface area contributed by atoms with Crippen LogP contribution < -0.4 is 5.56 Å². The second-order valence-corrected chi connectivity index (χ2v) is 5.37. The molecule has 1 aliphatic rings. The van der Waals surface area contributed by atoms with Crippen LogP contribution in [-0.2, 0) is 6.54 Å².